The molecule has 3 aromatic rings. The van der Waals surface area contributed by atoms with Crippen LogP contribution in [-0.4, -0.2) is 18.0 Å². The molecular weight excluding hydrogens is 320 g/mol. The van der Waals surface area contributed by atoms with Gasteiger partial charge in [-0.1, -0.05) is 12.1 Å². The highest BCUT2D eigenvalue weighted by molar-refractivity contribution is 7.17. The van der Waals surface area contributed by atoms with Gasteiger partial charge in [-0.2, -0.15) is 0 Å². The van der Waals surface area contributed by atoms with Crippen LogP contribution >= 0.6 is 11.3 Å². The number of nitrogens with zero attached hydrogens (tertiary/aromatic N) is 1. The third kappa shape index (κ3) is 3.46. The highest BCUT2D eigenvalue weighted by Crippen LogP contribution is 2.32. The molecule has 5 heteroatoms. The van der Waals surface area contributed by atoms with Crippen LogP contribution in [-0.2, 0) is 4.79 Å². The van der Waals surface area contributed by atoms with Crippen LogP contribution in [0, 0.1) is 13.8 Å². The Morgan fingerprint density at radius 2 is 2.00 bits per heavy atom. The number of amides is 1. The average molecular weight is 338 g/mol. The van der Waals surface area contributed by atoms with E-state index in [0.717, 1.165) is 38.5 Å². The molecule has 0 saturated heterocycles. The normalized spacial score (nSPS) is 11.1. The van der Waals surface area contributed by atoms with Crippen molar-refractivity contribution in [3.05, 3.63) is 58.6 Å². The largest absolute Gasteiger partial charge is 0.497 e. The SMILES string of the molecule is COc1ccc(/C=C/C(=O)Nc2csc3nc(C)cc(C)c23)cc1. The van der Waals surface area contributed by atoms with E-state index in [1.807, 2.05) is 49.6 Å². The van der Waals surface area contributed by atoms with Crippen molar-refractivity contribution in [3.63, 3.8) is 0 Å². The third-order valence-electron chi connectivity index (χ3n) is 3.67. The molecule has 0 saturated carbocycles. The van der Waals surface area contributed by atoms with Gasteiger partial charge >= 0.3 is 0 Å². The van der Waals surface area contributed by atoms with E-state index >= 15 is 0 Å². The Bertz CT molecular complexity index is 911. The number of hydrogen-bond donors (Lipinski definition) is 1. The molecule has 0 bridgehead atoms. The van der Waals surface area contributed by atoms with Crippen LogP contribution in [0.25, 0.3) is 16.3 Å². The van der Waals surface area contributed by atoms with Crippen molar-refractivity contribution in [2.45, 2.75) is 13.8 Å². The van der Waals surface area contributed by atoms with Crippen molar-refractivity contribution >= 4 is 39.2 Å². The summed E-state index contributed by atoms with van der Waals surface area (Å²) in [5.41, 5.74) is 3.85. The van der Waals surface area contributed by atoms with E-state index in [0.29, 0.717) is 0 Å². The van der Waals surface area contributed by atoms with Gasteiger partial charge in [0.1, 0.15) is 10.6 Å². The number of carbonyl (C=O) groups excluding carboxylic acids is 1. The number of benzene rings is 1. The topological polar surface area (TPSA) is 51.2 Å². The molecule has 0 aliphatic rings. The fraction of sp³-hybridized carbons (Fsp3) is 0.158. The number of nitrogens with one attached hydrogen (secondary N) is 1. The standard InChI is InChI=1S/C19H18N2O2S/c1-12-10-13(2)20-19-18(12)16(11-24-19)21-17(22)9-6-14-4-7-15(23-3)8-5-14/h4-11H,1-3H3,(H,21,22)/b9-6+. The third-order valence-corrected chi connectivity index (χ3v) is 4.54. The minimum atomic E-state index is -0.162. The number of hydrogen-bond acceptors (Lipinski definition) is 4. The van der Waals surface area contributed by atoms with Gasteiger partial charge in [0.2, 0.25) is 5.91 Å². The van der Waals surface area contributed by atoms with Crippen molar-refractivity contribution in [3.8, 4) is 5.75 Å². The van der Waals surface area contributed by atoms with Crippen molar-refractivity contribution in [1.82, 2.24) is 4.98 Å². The Labute approximate surface area is 144 Å². The fourth-order valence-corrected chi connectivity index (χ4v) is 3.53. The molecule has 2 aromatic heterocycles. The molecule has 0 atom stereocenters. The van der Waals surface area contributed by atoms with Crippen LogP contribution in [0.1, 0.15) is 16.8 Å². The van der Waals surface area contributed by atoms with Crippen LogP contribution in [0.3, 0.4) is 0 Å². The smallest absolute Gasteiger partial charge is 0.248 e. The number of methoxy groups -OCH3 is 1. The lowest BCUT2D eigenvalue weighted by molar-refractivity contribution is -0.111. The van der Waals surface area contributed by atoms with Gasteiger partial charge in [-0.25, -0.2) is 4.98 Å². The molecule has 0 aliphatic carbocycles. The molecule has 1 N–H and O–H groups in total. The van der Waals surface area contributed by atoms with E-state index in [-0.39, 0.29) is 5.91 Å². The number of aromatic nitrogens is 1. The summed E-state index contributed by atoms with van der Waals surface area (Å²) < 4.78 is 5.12. The second-order valence-corrected chi connectivity index (χ2v) is 6.36. The predicted molar refractivity (Wildman–Crippen MR) is 99.8 cm³/mol. The van der Waals surface area contributed by atoms with Gasteiger partial charge in [-0.3, -0.25) is 4.79 Å². The molecule has 3 rings (SSSR count). The van der Waals surface area contributed by atoms with Crippen LogP contribution < -0.4 is 10.1 Å². The lowest BCUT2D eigenvalue weighted by Gasteiger charge is -2.04. The summed E-state index contributed by atoms with van der Waals surface area (Å²) in [6.45, 7) is 4.01. The maximum absolute atomic E-state index is 12.2. The van der Waals surface area contributed by atoms with Gasteiger partial charge < -0.3 is 10.1 Å². The maximum Gasteiger partial charge on any atom is 0.248 e. The van der Waals surface area contributed by atoms with E-state index in [1.54, 1.807) is 13.2 Å². The van der Waals surface area contributed by atoms with Gasteiger partial charge in [0, 0.05) is 22.5 Å². The van der Waals surface area contributed by atoms with Crippen LogP contribution in [0.4, 0.5) is 5.69 Å². The molecule has 0 radical (unpaired) electrons. The number of rotatable bonds is 4. The van der Waals surface area contributed by atoms with Crippen molar-refractivity contribution in [1.29, 1.82) is 0 Å². The first-order valence-corrected chi connectivity index (χ1v) is 8.43. The summed E-state index contributed by atoms with van der Waals surface area (Å²) in [7, 11) is 1.63. The molecule has 2 heterocycles. The number of pyridine rings is 1. The predicted octanol–water partition coefficient (Wildman–Crippen LogP) is 4.57. The number of anilines is 1. The van der Waals surface area contributed by atoms with E-state index < -0.39 is 0 Å². The van der Waals surface area contributed by atoms with E-state index in [9.17, 15) is 4.79 Å². The summed E-state index contributed by atoms with van der Waals surface area (Å²) in [5.74, 6) is 0.630. The minimum absolute atomic E-state index is 0.162. The Hall–Kier alpha value is -2.66. The van der Waals surface area contributed by atoms with E-state index in [2.05, 4.69) is 10.3 Å². The minimum Gasteiger partial charge on any atom is -0.497 e. The van der Waals surface area contributed by atoms with E-state index in [1.165, 1.54) is 17.4 Å². The summed E-state index contributed by atoms with van der Waals surface area (Å²) in [6.07, 6.45) is 3.31. The highest BCUT2D eigenvalue weighted by atomic mass is 32.1. The first kappa shape index (κ1) is 16.2. The Morgan fingerprint density at radius 3 is 2.71 bits per heavy atom. The monoisotopic (exact) mass is 338 g/mol. The molecule has 24 heavy (non-hydrogen) atoms. The molecule has 1 amide bonds. The second-order valence-electron chi connectivity index (χ2n) is 5.51. The lowest BCUT2D eigenvalue weighted by atomic mass is 10.1. The zero-order valence-electron chi connectivity index (χ0n) is 13.8. The molecule has 0 fully saturated rings. The Morgan fingerprint density at radius 1 is 1.25 bits per heavy atom. The molecule has 0 spiro atoms. The van der Waals surface area contributed by atoms with E-state index in [4.69, 9.17) is 4.74 Å². The second kappa shape index (κ2) is 6.84. The Kier molecular flexibility index (Phi) is 4.62. The van der Waals surface area contributed by atoms with Gasteiger partial charge in [0.25, 0.3) is 0 Å². The average Bonchev–Trinajstić information content (AvgIpc) is 2.96. The van der Waals surface area contributed by atoms with Crippen molar-refractivity contribution in [2.75, 3.05) is 12.4 Å². The highest BCUT2D eigenvalue weighted by Gasteiger charge is 2.10. The Balaban J connectivity index is 1.76. The quantitative estimate of drug-likeness (QED) is 0.709. The van der Waals surface area contributed by atoms with Crippen LogP contribution in [0.2, 0.25) is 0 Å². The molecule has 0 aliphatic heterocycles. The molecule has 0 unspecified atom stereocenters. The van der Waals surface area contributed by atoms with Crippen molar-refractivity contribution in [2.24, 2.45) is 0 Å². The first-order chi connectivity index (χ1) is 11.6. The zero-order chi connectivity index (χ0) is 17.1. The number of fused-ring (bicyclic) bond motifs is 1. The summed E-state index contributed by atoms with van der Waals surface area (Å²) in [5, 5.41) is 5.88. The molecule has 4 nitrogen and oxygen atoms in total. The maximum atomic E-state index is 12.2. The fourth-order valence-electron chi connectivity index (χ4n) is 2.54. The summed E-state index contributed by atoms with van der Waals surface area (Å²) in [4.78, 5) is 17.6. The summed E-state index contributed by atoms with van der Waals surface area (Å²) in [6, 6.07) is 9.56. The molecule has 122 valence electrons. The zero-order valence-corrected chi connectivity index (χ0v) is 14.6. The molecular formula is C19H18N2O2S. The number of thiophene rings is 1. The van der Waals surface area contributed by atoms with Gasteiger partial charge in [-0.05, 0) is 49.2 Å². The van der Waals surface area contributed by atoms with Crippen LogP contribution in [0.15, 0.2) is 41.8 Å². The molecule has 1 aromatic carbocycles. The lowest BCUT2D eigenvalue weighted by Crippen LogP contribution is -2.07. The number of ether oxygens (including phenoxy) is 1. The van der Waals surface area contributed by atoms with Gasteiger partial charge in [0.05, 0.1) is 12.8 Å². The number of carbonyl (C=O) groups is 1. The summed E-state index contributed by atoms with van der Waals surface area (Å²) >= 11 is 1.54. The van der Waals surface area contributed by atoms with Gasteiger partial charge in [0.15, 0.2) is 0 Å². The number of aryl methyl sites for hydroxylation is 2. The van der Waals surface area contributed by atoms with Gasteiger partial charge in [-0.15, -0.1) is 11.3 Å². The van der Waals surface area contributed by atoms with Crippen LogP contribution in [0.5, 0.6) is 5.75 Å². The first-order valence-electron chi connectivity index (χ1n) is 7.55. The van der Waals surface area contributed by atoms with Crippen molar-refractivity contribution < 1.29 is 9.53 Å².